The van der Waals surface area contributed by atoms with Gasteiger partial charge in [-0.3, -0.25) is 14.4 Å². The Morgan fingerprint density at radius 3 is 1.96 bits per heavy atom. The van der Waals surface area contributed by atoms with Crippen LogP contribution in [0.15, 0.2) is 78.9 Å². The van der Waals surface area contributed by atoms with E-state index < -0.39 is 11.8 Å². The van der Waals surface area contributed by atoms with Crippen molar-refractivity contribution >= 4 is 23.3 Å². The van der Waals surface area contributed by atoms with Gasteiger partial charge in [-0.25, -0.2) is 4.90 Å². The van der Waals surface area contributed by atoms with E-state index in [1.807, 2.05) is 6.07 Å². The van der Waals surface area contributed by atoms with Crippen molar-refractivity contribution in [2.24, 2.45) is 0 Å². The van der Waals surface area contributed by atoms with Gasteiger partial charge in [-0.15, -0.1) is 0 Å². The zero-order chi connectivity index (χ0) is 18.8. The molecule has 0 spiro atoms. The zero-order valence-electron chi connectivity index (χ0n) is 14.3. The maximum absolute atomic E-state index is 12.7. The normalized spacial score (nSPS) is 12.8. The summed E-state index contributed by atoms with van der Waals surface area (Å²) in [5, 5.41) is 0. The van der Waals surface area contributed by atoms with Gasteiger partial charge in [0.1, 0.15) is 5.75 Å². The Morgan fingerprint density at radius 2 is 1.30 bits per heavy atom. The molecule has 0 radical (unpaired) electrons. The monoisotopic (exact) mass is 357 g/mol. The number of anilines is 1. The minimum atomic E-state index is -0.402. The van der Waals surface area contributed by atoms with Crippen LogP contribution >= 0.6 is 0 Å². The molecule has 0 atom stereocenters. The largest absolute Gasteiger partial charge is 0.483 e. The van der Waals surface area contributed by atoms with Crippen LogP contribution < -0.4 is 9.64 Å². The number of rotatable bonds is 5. The van der Waals surface area contributed by atoms with Gasteiger partial charge < -0.3 is 4.74 Å². The first kappa shape index (κ1) is 16.7. The summed E-state index contributed by atoms with van der Waals surface area (Å²) in [6, 6.07) is 22.2. The van der Waals surface area contributed by atoms with Crippen molar-refractivity contribution in [3.63, 3.8) is 0 Å². The van der Waals surface area contributed by atoms with Crippen LogP contribution in [-0.4, -0.2) is 24.2 Å². The van der Waals surface area contributed by atoms with E-state index in [-0.39, 0.29) is 12.4 Å². The Hall–Kier alpha value is -3.73. The molecule has 3 aromatic carbocycles. The van der Waals surface area contributed by atoms with Crippen molar-refractivity contribution in [1.82, 2.24) is 0 Å². The van der Waals surface area contributed by atoms with Gasteiger partial charge in [0, 0.05) is 5.56 Å². The molecule has 5 nitrogen and oxygen atoms in total. The molecule has 0 aliphatic carbocycles. The van der Waals surface area contributed by atoms with E-state index in [4.69, 9.17) is 4.74 Å². The molecule has 0 saturated heterocycles. The van der Waals surface area contributed by atoms with Crippen molar-refractivity contribution in [2.75, 3.05) is 11.5 Å². The molecule has 1 aliphatic heterocycles. The fourth-order valence-corrected chi connectivity index (χ4v) is 3.02. The number of para-hydroxylation sites is 2. The van der Waals surface area contributed by atoms with Crippen LogP contribution in [0.4, 0.5) is 5.69 Å². The molecule has 5 heteroatoms. The number of carbonyl (C=O) groups is 3. The standard InChI is InChI=1S/C22H15NO4/c24-19(15-8-2-1-3-9-15)14-27-20-13-7-6-12-18(20)23-21(25)16-10-4-5-11-17(16)22(23)26/h1-13H,14H2. The summed E-state index contributed by atoms with van der Waals surface area (Å²) < 4.78 is 5.67. The summed E-state index contributed by atoms with van der Waals surface area (Å²) in [4.78, 5) is 38.8. The van der Waals surface area contributed by atoms with Crippen LogP contribution in [0, 0.1) is 0 Å². The molecule has 0 saturated carbocycles. The first-order chi connectivity index (χ1) is 13.2. The molecule has 27 heavy (non-hydrogen) atoms. The summed E-state index contributed by atoms with van der Waals surface area (Å²) in [5.41, 5.74) is 1.58. The minimum Gasteiger partial charge on any atom is -0.483 e. The number of hydrogen-bond acceptors (Lipinski definition) is 4. The second-order valence-electron chi connectivity index (χ2n) is 6.04. The third-order valence-corrected chi connectivity index (χ3v) is 4.35. The van der Waals surface area contributed by atoms with Gasteiger partial charge in [0.25, 0.3) is 11.8 Å². The molecule has 2 amide bonds. The lowest BCUT2D eigenvalue weighted by Gasteiger charge is -2.18. The predicted molar refractivity (Wildman–Crippen MR) is 100 cm³/mol. The van der Waals surface area contributed by atoms with E-state index >= 15 is 0 Å². The fourth-order valence-electron chi connectivity index (χ4n) is 3.02. The zero-order valence-corrected chi connectivity index (χ0v) is 14.3. The van der Waals surface area contributed by atoms with Gasteiger partial charge in [-0.05, 0) is 24.3 Å². The van der Waals surface area contributed by atoms with Crippen molar-refractivity contribution in [3.8, 4) is 5.75 Å². The van der Waals surface area contributed by atoms with Gasteiger partial charge in [0.15, 0.2) is 12.4 Å². The Labute approximate surface area is 155 Å². The van der Waals surface area contributed by atoms with E-state index in [9.17, 15) is 14.4 Å². The lowest BCUT2D eigenvalue weighted by atomic mass is 10.1. The number of ketones is 1. The molecule has 3 aromatic rings. The predicted octanol–water partition coefficient (Wildman–Crippen LogP) is 3.75. The average molecular weight is 357 g/mol. The van der Waals surface area contributed by atoms with Crippen molar-refractivity contribution in [1.29, 1.82) is 0 Å². The van der Waals surface area contributed by atoms with Crippen molar-refractivity contribution < 1.29 is 19.1 Å². The summed E-state index contributed by atoms with van der Waals surface area (Å²) in [7, 11) is 0. The number of imide groups is 1. The van der Waals surface area contributed by atoms with Gasteiger partial charge in [0.05, 0.1) is 16.8 Å². The SMILES string of the molecule is O=C(COc1ccccc1N1C(=O)c2ccccc2C1=O)c1ccccc1. The number of amides is 2. The molecule has 132 valence electrons. The second-order valence-corrected chi connectivity index (χ2v) is 6.04. The van der Waals surface area contributed by atoms with E-state index in [0.717, 1.165) is 4.90 Å². The summed E-state index contributed by atoms with van der Waals surface area (Å²) in [5.74, 6) is -0.689. The highest BCUT2D eigenvalue weighted by molar-refractivity contribution is 6.34. The number of nitrogens with zero attached hydrogens (tertiary/aromatic N) is 1. The molecular weight excluding hydrogens is 342 g/mol. The average Bonchev–Trinajstić information content (AvgIpc) is 2.98. The van der Waals surface area contributed by atoms with Crippen molar-refractivity contribution in [3.05, 3.63) is 95.6 Å². The van der Waals surface area contributed by atoms with Crippen LogP contribution in [0.1, 0.15) is 31.1 Å². The topological polar surface area (TPSA) is 63.7 Å². The molecule has 1 aliphatic rings. The van der Waals surface area contributed by atoms with Gasteiger partial charge in [-0.1, -0.05) is 54.6 Å². The first-order valence-electron chi connectivity index (χ1n) is 8.44. The number of Topliss-reactive ketones (excluding diaryl/α,β-unsaturated/α-hetero) is 1. The Bertz CT molecular complexity index is 1010. The third-order valence-electron chi connectivity index (χ3n) is 4.35. The molecule has 4 rings (SSSR count). The molecule has 0 N–H and O–H groups in total. The molecule has 0 fully saturated rings. The maximum Gasteiger partial charge on any atom is 0.266 e. The highest BCUT2D eigenvalue weighted by atomic mass is 16.5. The Morgan fingerprint density at radius 1 is 0.741 bits per heavy atom. The lowest BCUT2D eigenvalue weighted by molar-refractivity contribution is 0.0922. The second kappa shape index (κ2) is 6.88. The number of carbonyl (C=O) groups excluding carboxylic acids is 3. The van der Waals surface area contributed by atoms with Gasteiger partial charge in [-0.2, -0.15) is 0 Å². The van der Waals surface area contributed by atoms with Crippen LogP contribution in [0.3, 0.4) is 0 Å². The maximum atomic E-state index is 12.7. The van der Waals surface area contributed by atoms with E-state index in [2.05, 4.69) is 0 Å². The van der Waals surface area contributed by atoms with E-state index in [1.165, 1.54) is 0 Å². The number of fused-ring (bicyclic) bond motifs is 1. The fraction of sp³-hybridized carbons (Fsp3) is 0.0455. The summed E-state index contributed by atoms with van der Waals surface area (Å²) in [6.45, 7) is -0.190. The molecule has 0 unspecified atom stereocenters. The number of ether oxygens (including phenoxy) is 1. The number of benzene rings is 3. The lowest BCUT2D eigenvalue weighted by Crippen LogP contribution is -2.30. The Kier molecular flexibility index (Phi) is 4.26. The van der Waals surface area contributed by atoms with Crippen LogP contribution in [0.2, 0.25) is 0 Å². The van der Waals surface area contributed by atoms with E-state index in [0.29, 0.717) is 28.1 Å². The van der Waals surface area contributed by atoms with Gasteiger partial charge in [0.2, 0.25) is 0 Å². The van der Waals surface area contributed by atoms with Crippen LogP contribution in [0.25, 0.3) is 0 Å². The first-order valence-corrected chi connectivity index (χ1v) is 8.44. The smallest absolute Gasteiger partial charge is 0.266 e. The van der Waals surface area contributed by atoms with Crippen LogP contribution in [0.5, 0.6) is 5.75 Å². The minimum absolute atomic E-state index is 0.187. The summed E-state index contributed by atoms with van der Waals surface area (Å²) in [6.07, 6.45) is 0. The van der Waals surface area contributed by atoms with Crippen LogP contribution in [-0.2, 0) is 0 Å². The quantitative estimate of drug-likeness (QED) is 0.515. The number of hydrogen-bond donors (Lipinski definition) is 0. The molecule has 1 heterocycles. The van der Waals surface area contributed by atoms with Gasteiger partial charge >= 0.3 is 0 Å². The Balaban J connectivity index is 1.60. The molecule has 0 aromatic heterocycles. The molecule has 0 bridgehead atoms. The third kappa shape index (κ3) is 3.00. The van der Waals surface area contributed by atoms with E-state index in [1.54, 1.807) is 72.8 Å². The van der Waals surface area contributed by atoms with Crippen molar-refractivity contribution in [2.45, 2.75) is 0 Å². The summed E-state index contributed by atoms with van der Waals surface area (Å²) >= 11 is 0. The highest BCUT2D eigenvalue weighted by Crippen LogP contribution is 2.34. The highest BCUT2D eigenvalue weighted by Gasteiger charge is 2.37. The molecular formula is C22H15NO4.